The van der Waals surface area contributed by atoms with Crippen LogP contribution in [0.15, 0.2) is 0 Å². The average Bonchev–Trinajstić information content (AvgIpc) is 3.23. The molecule has 1 aliphatic heterocycles. The highest BCUT2D eigenvalue weighted by Gasteiger charge is 2.35. The maximum Gasteiger partial charge on any atom is 0.317 e. The predicted octanol–water partition coefficient (Wildman–Crippen LogP) is 2.55. The summed E-state index contributed by atoms with van der Waals surface area (Å²) in [5.41, 5.74) is 0. The molecule has 0 aromatic carbocycles. The van der Waals surface area contributed by atoms with Crippen LogP contribution in [-0.2, 0) is 0 Å². The van der Waals surface area contributed by atoms with E-state index in [-0.39, 0.29) is 6.03 Å². The summed E-state index contributed by atoms with van der Waals surface area (Å²) in [6.07, 6.45) is 9.16. The zero-order valence-corrected chi connectivity index (χ0v) is 13.7. The first-order chi connectivity index (χ1) is 10.1. The second-order valence-corrected chi connectivity index (χ2v) is 7.71. The lowest BCUT2D eigenvalue weighted by molar-refractivity contribution is 0.186. The standard InChI is InChI=1S/C17H31N3O/c1-19-9-8-13(11-19)12-20(2)17(21)18-16-5-3-4-15(10-16)14-6-7-14/h13-16H,3-12H2,1-2H3,(H,18,21)/t13?,15-,16+/m0/s1. The topological polar surface area (TPSA) is 35.6 Å². The fourth-order valence-corrected chi connectivity index (χ4v) is 4.28. The molecule has 4 heteroatoms. The molecule has 1 N–H and O–H groups in total. The van der Waals surface area contributed by atoms with Crippen LogP contribution in [0.4, 0.5) is 4.79 Å². The van der Waals surface area contributed by atoms with E-state index in [1.54, 1.807) is 0 Å². The molecule has 2 saturated carbocycles. The number of nitrogens with zero attached hydrogens (tertiary/aromatic N) is 2. The fraction of sp³-hybridized carbons (Fsp3) is 0.941. The molecule has 2 aliphatic carbocycles. The molecule has 1 saturated heterocycles. The minimum Gasteiger partial charge on any atom is -0.335 e. The molecule has 3 aliphatic rings. The third-order valence-corrected chi connectivity index (χ3v) is 5.70. The van der Waals surface area contributed by atoms with Crippen LogP contribution in [0.3, 0.4) is 0 Å². The molecule has 2 amide bonds. The minimum absolute atomic E-state index is 0.144. The Labute approximate surface area is 129 Å². The zero-order valence-electron chi connectivity index (χ0n) is 13.7. The van der Waals surface area contributed by atoms with Gasteiger partial charge in [0.1, 0.15) is 0 Å². The van der Waals surface area contributed by atoms with Crippen LogP contribution in [0, 0.1) is 17.8 Å². The molecule has 120 valence electrons. The number of likely N-dealkylation sites (tertiary alicyclic amines) is 1. The van der Waals surface area contributed by atoms with Crippen LogP contribution in [0.2, 0.25) is 0 Å². The third kappa shape index (κ3) is 4.12. The molecule has 3 rings (SSSR count). The van der Waals surface area contributed by atoms with Gasteiger partial charge in [-0.3, -0.25) is 0 Å². The summed E-state index contributed by atoms with van der Waals surface area (Å²) in [6.45, 7) is 3.20. The molecule has 0 bridgehead atoms. The van der Waals surface area contributed by atoms with Crippen molar-refractivity contribution in [2.24, 2.45) is 17.8 Å². The van der Waals surface area contributed by atoms with Gasteiger partial charge in [-0.15, -0.1) is 0 Å². The number of amides is 2. The second kappa shape index (κ2) is 6.55. The molecule has 1 unspecified atom stereocenters. The van der Waals surface area contributed by atoms with Gasteiger partial charge < -0.3 is 15.1 Å². The van der Waals surface area contributed by atoms with Crippen LogP contribution in [0.1, 0.15) is 44.9 Å². The van der Waals surface area contributed by atoms with Gasteiger partial charge in [-0.1, -0.05) is 12.8 Å². The van der Waals surface area contributed by atoms with E-state index in [9.17, 15) is 4.79 Å². The van der Waals surface area contributed by atoms with E-state index in [0.717, 1.165) is 24.9 Å². The van der Waals surface area contributed by atoms with E-state index >= 15 is 0 Å². The normalized spacial score (nSPS) is 33.9. The molecule has 0 aromatic heterocycles. The Kier molecular flexibility index (Phi) is 4.72. The molecule has 4 nitrogen and oxygen atoms in total. The number of rotatable bonds is 4. The van der Waals surface area contributed by atoms with E-state index in [1.165, 1.54) is 51.5 Å². The highest BCUT2D eigenvalue weighted by Crippen LogP contribution is 2.43. The zero-order chi connectivity index (χ0) is 14.8. The molecule has 0 aromatic rings. The maximum atomic E-state index is 12.4. The maximum absolute atomic E-state index is 12.4. The molecule has 1 heterocycles. The first-order valence-corrected chi connectivity index (χ1v) is 8.82. The van der Waals surface area contributed by atoms with E-state index in [4.69, 9.17) is 0 Å². The van der Waals surface area contributed by atoms with Crippen molar-refractivity contribution in [3.8, 4) is 0 Å². The molecule has 3 fully saturated rings. The number of carbonyl (C=O) groups excluding carboxylic acids is 1. The van der Waals surface area contributed by atoms with Gasteiger partial charge in [0, 0.05) is 26.2 Å². The van der Waals surface area contributed by atoms with Gasteiger partial charge in [-0.25, -0.2) is 4.79 Å². The number of carbonyl (C=O) groups is 1. The lowest BCUT2D eigenvalue weighted by atomic mass is 9.83. The Morgan fingerprint density at radius 1 is 1.19 bits per heavy atom. The van der Waals surface area contributed by atoms with Gasteiger partial charge in [-0.2, -0.15) is 0 Å². The summed E-state index contributed by atoms with van der Waals surface area (Å²) in [6, 6.07) is 0.566. The summed E-state index contributed by atoms with van der Waals surface area (Å²) < 4.78 is 0. The van der Waals surface area contributed by atoms with Crippen LogP contribution in [0.25, 0.3) is 0 Å². The predicted molar refractivity (Wildman–Crippen MR) is 85.2 cm³/mol. The molecule has 21 heavy (non-hydrogen) atoms. The van der Waals surface area contributed by atoms with Gasteiger partial charge >= 0.3 is 6.03 Å². The van der Waals surface area contributed by atoms with E-state index in [2.05, 4.69) is 17.3 Å². The Hall–Kier alpha value is -0.770. The van der Waals surface area contributed by atoms with Crippen LogP contribution in [-0.4, -0.2) is 55.6 Å². The average molecular weight is 293 g/mol. The van der Waals surface area contributed by atoms with Crippen LogP contribution >= 0.6 is 0 Å². The van der Waals surface area contributed by atoms with Gasteiger partial charge in [0.15, 0.2) is 0 Å². The van der Waals surface area contributed by atoms with E-state index < -0.39 is 0 Å². The quantitative estimate of drug-likeness (QED) is 0.864. The molecule has 3 atom stereocenters. The largest absolute Gasteiger partial charge is 0.335 e. The summed E-state index contributed by atoms with van der Waals surface area (Å²) in [5.74, 6) is 2.52. The molecular weight excluding hydrogens is 262 g/mol. The Morgan fingerprint density at radius 3 is 2.67 bits per heavy atom. The van der Waals surface area contributed by atoms with Gasteiger partial charge in [-0.05, 0) is 63.5 Å². The lowest BCUT2D eigenvalue weighted by Gasteiger charge is -2.31. The first-order valence-electron chi connectivity index (χ1n) is 8.82. The van der Waals surface area contributed by atoms with Crippen molar-refractivity contribution < 1.29 is 4.79 Å². The van der Waals surface area contributed by atoms with Gasteiger partial charge in [0.25, 0.3) is 0 Å². The summed E-state index contributed by atoms with van der Waals surface area (Å²) >= 11 is 0. The van der Waals surface area contributed by atoms with Gasteiger partial charge in [0.05, 0.1) is 0 Å². The van der Waals surface area contributed by atoms with Crippen LogP contribution in [0.5, 0.6) is 0 Å². The van der Waals surface area contributed by atoms with Gasteiger partial charge in [0.2, 0.25) is 0 Å². The monoisotopic (exact) mass is 293 g/mol. The first kappa shape index (κ1) is 15.1. The van der Waals surface area contributed by atoms with Crippen molar-refractivity contribution in [2.75, 3.05) is 33.7 Å². The summed E-state index contributed by atoms with van der Waals surface area (Å²) in [7, 11) is 4.12. The summed E-state index contributed by atoms with van der Waals surface area (Å²) in [4.78, 5) is 16.6. The van der Waals surface area contributed by atoms with Crippen molar-refractivity contribution >= 4 is 6.03 Å². The van der Waals surface area contributed by atoms with Crippen molar-refractivity contribution in [1.82, 2.24) is 15.1 Å². The van der Waals surface area contributed by atoms with Crippen molar-refractivity contribution in [3.05, 3.63) is 0 Å². The number of nitrogens with one attached hydrogen (secondary N) is 1. The Bertz CT molecular complexity index is 369. The molecule has 0 spiro atoms. The number of hydrogen-bond donors (Lipinski definition) is 1. The fourth-order valence-electron chi connectivity index (χ4n) is 4.28. The third-order valence-electron chi connectivity index (χ3n) is 5.70. The number of urea groups is 1. The minimum atomic E-state index is 0.144. The second-order valence-electron chi connectivity index (χ2n) is 7.71. The highest BCUT2D eigenvalue weighted by atomic mass is 16.2. The van der Waals surface area contributed by atoms with E-state index in [1.807, 2.05) is 11.9 Å². The van der Waals surface area contributed by atoms with Crippen molar-refractivity contribution in [2.45, 2.75) is 51.0 Å². The number of hydrogen-bond acceptors (Lipinski definition) is 2. The van der Waals surface area contributed by atoms with Crippen LogP contribution < -0.4 is 5.32 Å². The summed E-state index contributed by atoms with van der Waals surface area (Å²) in [5, 5.41) is 3.29. The highest BCUT2D eigenvalue weighted by molar-refractivity contribution is 5.74. The SMILES string of the molecule is CN1CCC(CN(C)C(=O)N[C@@H]2CCC[C@H](C3CC3)C2)C1. The molecular formula is C17H31N3O. The van der Waals surface area contributed by atoms with Crippen molar-refractivity contribution in [3.63, 3.8) is 0 Å². The Balaban J connectivity index is 1.42. The lowest BCUT2D eigenvalue weighted by Crippen LogP contribution is -2.46. The molecule has 0 radical (unpaired) electrons. The van der Waals surface area contributed by atoms with E-state index in [0.29, 0.717) is 12.0 Å². The Morgan fingerprint density at radius 2 is 2.00 bits per heavy atom. The smallest absolute Gasteiger partial charge is 0.317 e. The van der Waals surface area contributed by atoms with Crippen molar-refractivity contribution in [1.29, 1.82) is 0 Å².